The fraction of sp³-hybridized carbons (Fsp3) is 0.357. The van der Waals surface area contributed by atoms with Gasteiger partial charge in [-0.05, 0) is 29.2 Å². The van der Waals surface area contributed by atoms with E-state index in [0.29, 0.717) is 0 Å². The highest BCUT2D eigenvalue weighted by Gasteiger charge is 2.20. The molecule has 0 radical (unpaired) electrons. The van der Waals surface area contributed by atoms with Gasteiger partial charge in [0.25, 0.3) is 0 Å². The van der Waals surface area contributed by atoms with Crippen LogP contribution in [0.25, 0.3) is 10.9 Å². The minimum Gasteiger partial charge on any atom is -0.497 e. The highest BCUT2D eigenvalue weighted by atomic mass is 16.5. The van der Waals surface area contributed by atoms with Crippen molar-refractivity contribution in [1.29, 1.82) is 0 Å². The lowest BCUT2D eigenvalue weighted by Crippen LogP contribution is -2.15. The van der Waals surface area contributed by atoms with Crippen molar-refractivity contribution in [2.75, 3.05) is 12.8 Å². The average Bonchev–Trinajstić information content (AvgIpc) is 2.26. The van der Waals surface area contributed by atoms with Crippen molar-refractivity contribution in [2.24, 2.45) is 0 Å². The van der Waals surface area contributed by atoms with Crippen molar-refractivity contribution >= 4 is 16.6 Å². The molecule has 0 spiro atoms. The Morgan fingerprint density at radius 3 is 2.53 bits per heavy atom. The van der Waals surface area contributed by atoms with Crippen molar-refractivity contribution < 1.29 is 4.74 Å². The molecule has 2 rings (SSSR count). The van der Waals surface area contributed by atoms with Gasteiger partial charge in [0.15, 0.2) is 0 Å². The van der Waals surface area contributed by atoms with Gasteiger partial charge in [-0.25, -0.2) is 0 Å². The lowest BCUT2D eigenvalue weighted by Gasteiger charge is -2.23. The van der Waals surface area contributed by atoms with Crippen LogP contribution in [0.3, 0.4) is 0 Å². The summed E-state index contributed by atoms with van der Waals surface area (Å²) in [5, 5.41) is 1.07. The van der Waals surface area contributed by atoms with Gasteiger partial charge in [0.2, 0.25) is 0 Å². The highest BCUT2D eigenvalue weighted by molar-refractivity contribution is 5.88. The maximum atomic E-state index is 6.06. The Labute approximate surface area is 102 Å². The van der Waals surface area contributed by atoms with Gasteiger partial charge in [0, 0.05) is 5.39 Å². The van der Waals surface area contributed by atoms with E-state index in [1.54, 1.807) is 13.3 Å². The topological polar surface area (TPSA) is 48.1 Å². The lowest BCUT2D eigenvalue weighted by atomic mass is 9.84. The van der Waals surface area contributed by atoms with Gasteiger partial charge in [0.05, 0.1) is 24.5 Å². The number of nitrogens with zero attached hydrogens (tertiary/aromatic N) is 1. The molecule has 0 bridgehead atoms. The molecule has 0 saturated heterocycles. The summed E-state index contributed by atoms with van der Waals surface area (Å²) in [5.74, 6) is 0.829. The van der Waals surface area contributed by atoms with Gasteiger partial charge in [-0.3, -0.25) is 4.98 Å². The number of methoxy groups -OCH3 is 1. The highest BCUT2D eigenvalue weighted by Crippen LogP contribution is 2.35. The van der Waals surface area contributed by atoms with E-state index in [-0.39, 0.29) is 5.41 Å². The largest absolute Gasteiger partial charge is 0.497 e. The van der Waals surface area contributed by atoms with E-state index < -0.39 is 0 Å². The molecular weight excluding hydrogens is 212 g/mol. The van der Waals surface area contributed by atoms with E-state index in [4.69, 9.17) is 10.5 Å². The van der Waals surface area contributed by atoms with Gasteiger partial charge >= 0.3 is 0 Å². The van der Waals surface area contributed by atoms with Crippen LogP contribution < -0.4 is 10.5 Å². The predicted molar refractivity (Wildman–Crippen MR) is 71.4 cm³/mol. The van der Waals surface area contributed by atoms with E-state index in [2.05, 4.69) is 25.8 Å². The normalized spacial score (nSPS) is 11.8. The second-order valence-corrected chi connectivity index (χ2v) is 5.22. The maximum absolute atomic E-state index is 6.06. The third-order valence-electron chi connectivity index (χ3n) is 2.85. The lowest BCUT2D eigenvalue weighted by molar-refractivity contribution is 0.415. The second-order valence-electron chi connectivity index (χ2n) is 5.22. The first-order chi connectivity index (χ1) is 7.93. The Bertz CT molecular complexity index is 556. The zero-order chi connectivity index (χ0) is 12.6. The Kier molecular flexibility index (Phi) is 2.69. The Balaban J connectivity index is 2.83. The summed E-state index contributed by atoms with van der Waals surface area (Å²) in [5.41, 5.74) is 8.85. The SMILES string of the molecule is COc1ccc2ncc(N)c(C(C)(C)C)c2c1. The van der Waals surface area contributed by atoms with Crippen LogP contribution in [0.1, 0.15) is 26.3 Å². The fourth-order valence-corrected chi connectivity index (χ4v) is 2.15. The monoisotopic (exact) mass is 230 g/mol. The first-order valence-corrected chi connectivity index (χ1v) is 5.66. The molecule has 0 fully saturated rings. The summed E-state index contributed by atoms with van der Waals surface area (Å²) in [6.07, 6.45) is 1.73. The number of aromatic nitrogens is 1. The first-order valence-electron chi connectivity index (χ1n) is 5.66. The third-order valence-corrected chi connectivity index (χ3v) is 2.85. The smallest absolute Gasteiger partial charge is 0.119 e. The fourth-order valence-electron chi connectivity index (χ4n) is 2.15. The Morgan fingerprint density at radius 2 is 1.94 bits per heavy atom. The number of benzene rings is 1. The first kappa shape index (κ1) is 11.7. The van der Waals surface area contributed by atoms with Crippen molar-refractivity contribution in [3.8, 4) is 5.75 Å². The molecule has 2 N–H and O–H groups in total. The number of pyridine rings is 1. The quantitative estimate of drug-likeness (QED) is 0.818. The van der Waals surface area contributed by atoms with E-state index in [1.165, 1.54) is 0 Å². The number of hydrogen-bond acceptors (Lipinski definition) is 3. The van der Waals surface area contributed by atoms with Crippen LogP contribution in [0.4, 0.5) is 5.69 Å². The molecule has 0 aliphatic carbocycles. The summed E-state index contributed by atoms with van der Waals surface area (Å²) in [4.78, 5) is 4.35. The summed E-state index contributed by atoms with van der Waals surface area (Å²) < 4.78 is 5.26. The summed E-state index contributed by atoms with van der Waals surface area (Å²) in [7, 11) is 1.66. The van der Waals surface area contributed by atoms with Gasteiger partial charge in [-0.15, -0.1) is 0 Å². The van der Waals surface area contributed by atoms with E-state index in [0.717, 1.165) is 27.9 Å². The number of nitrogen functional groups attached to an aromatic ring is 1. The van der Waals surface area contributed by atoms with Gasteiger partial charge in [0.1, 0.15) is 5.75 Å². The number of anilines is 1. The van der Waals surface area contributed by atoms with Crippen LogP contribution in [0, 0.1) is 0 Å². The molecule has 0 amide bonds. The van der Waals surface area contributed by atoms with Gasteiger partial charge < -0.3 is 10.5 Å². The van der Waals surface area contributed by atoms with E-state index in [1.807, 2.05) is 18.2 Å². The van der Waals surface area contributed by atoms with Crippen LogP contribution >= 0.6 is 0 Å². The molecule has 1 heterocycles. The van der Waals surface area contributed by atoms with Crippen LogP contribution in [0.2, 0.25) is 0 Å². The molecule has 90 valence electrons. The molecular formula is C14H18N2O. The molecule has 2 aromatic rings. The zero-order valence-corrected chi connectivity index (χ0v) is 10.7. The van der Waals surface area contributed by atoms with Crippen LogP contribution in [-0.2, 0) is 5.41 Å². The third kappa shape index (κ3) is 2.05. The molecule has 0 atom stereocenters. The Hall–Kier alpha value is -1.77. The van der Waals surface area contributed by atoms with Crippen molar-refractivity contribution in [3.63, 3.8) is 0 Å². The number of rotatable bonds is 1. The summed E-state index contributed by atoms with van der Waals surface area (Å²) >= 11 is 0. The van der Waals surface area contributed by atoms with Crippen LogP contribution in [0.15, 0.2) is 24.4 Å². The molecule has 3 heteroatoms. The predicted octanol–water partition coefficient (Wildman–Crippen LogP) is 3.12. The van der Waals surface area contributed by atoms with E-state index in [9.17, 15) is 0 Å². The molecule has 1 aromatic heterocycles. The second kappa shape index (κ2) is 3.91. The number of hydrogen-bond donors (Lipinski definition) is 1. The van der Waals surface area contributed by atoms with Crippen molar-refractivity contribution in [2.45, 2.75) is 26.2 Å². The molecule has 0 aliphatic heterocycles. The molecule has 0 saturated carbocycles. The minimum absolute atomic E-state index is 0.0162. The van der Waals surface area contributed by atoms with E-state index >= 15 is 0 Å². The minimum atomic E-state index is -0.0162. The summed E-state index contributed by atoms with van der Waals surface area (Å²) in [6, 6.07) is 5.88. The zero-order valence-electron chi connectivity index (χ0n) is 10.7. The Morgan fingerprint density at radius 1 is 1.24 bits per heavy atom. The number of nitrogens with two attached hydrogens (primary N) is 1. The number of ether oxygens (including phenoxy) is 1. The van der Waals surface area contributed by atoms with Gasteiger partial charge in [-0.1, -0.05) is 20.8 Å². The molecule has 0 aliphatic rings. The maximum Gasteiger partial charge on any atom is 0.119 e. The summed E-state index contributed by atoms with van der Waals surface area (Å²) in [6.45, 7) is 6.45. The average molecular weight is 230 g/mol. The van der Waals surface area contributed by atoms with Gasteiger partial charge in [-0.2, -0.15) is 0 Å². The van der Waals surface area contributed by atoms with Crippen molar-refractivity contribution in [3.05, 3.63) is 30.0 Å². The molecule has 1 aromatic carbocycles. The number of fused-ring (bicyclic) bond motifs is 1. The molecule has 17 heavy (non-hydrogen) atoms. The van der Waals surface area contributed by atoms with Crippen molar-refractivity contribution in [1.82, 2.24) is 4.98 Å². The molecule has 3 nitrogen and oxygen atoms in total. The van der Waals surface area contributed by atoms with Crippen LogP contribution in [0.5, 0.6) is 5.75 Å². The standard InChI is InChI=1S/C14H18N2O/c1-14(2,3)13-10-7-9(17-4)5-6-12(10)16-8-11(13)15/h5-8H,15H2,1-4H3. The van der Waals surface area contributed by atoms with Crippen LogP contribution in [-0.4, -0.2) is 12.1 Å². The molecule has 0 unspecified atom stereocenters.